The van der Waals surface area contributed by atoms with Crippen LogP contribution in [0.4, 0.5) is 0 Å². The van der Waals surface area contributed by atoms with Crippen LogP contribution in [0.25, 0.3) is 0 Å². The number of thiocarbonyl (C=S) groups is 1. The van der Waals surface area contributed by atoms with E-state index in [-0.39, 0.29) is 12.0 Å². The van der Waals surface area contributed by atoms with Crippen LogP contribution in [0.1, 0.15) is 25.5 Å². The molecule has 1 aromatic carbocycles. The summed E-state index contributed by atoms with van der Waals surface area (Å²) in [7, 11) is 3.61. The average molecular weight is 357 g/mol. The summed E-state index contributed by atoms with van der Waals surface area (Å²) in [5, 5.41) is 4.12. The maximum atomic E-state index is 6.31. The summed E-state index contributed by atoms with van der Waals surface area (Å²) >= 11 is 8.95. The van der Waals surface area contributed by atoms with E-state index in [2.05, 4.69) is 41.2 Å². The van der Waals surface area contributed by atoms with Crippen LogP contribution in [0, 0.1) is 5.92 Å². The van der Waals surface area contributed by atoms with Gasteiger partial charge in [-0.3, -0.25) is 0 Å². The van der Waals surface area contributed by atoms with Gasteiger partial charge in [-0.15, -0.1) is 0 Å². The molecule has 2 aliphatic heterocycles. The Labute approximate surface area is 132 Å². The Morgan fingerprint density at radius 3 is 2.85 bits per heavy atom. The fourth-order valence-electron chi connectivity index (χ4n) is 2.97. The summed E-state index contributed by atoms with van der Waals surface area (Å²) in [6, 6.07) is 4.12. The van der Waals surface area contributed by atoms with E-state index in [1.165, 1.54) is 0 Å². The molecule has 1 fully saturated rings. The molecular weight excluding hydrogens is 340 g/mol. The fraction of sp³-hybridized carbons (Fsp3) is 0.500. The molecule has 2 aliphatic rings. The zero-order chi connectivity index (χ0) is 14.7. The largest absolute Gasteiger partial charge is 0.493 e. The van der Waals surface area contributed by atoms with Crippen molar-refractivity contribution in [2.45, 2.75) is 25.6 Å². The van der Waals surface area contributed by atoms with Gasteiger partial charge in [-0.25, -0.2) is 0 Å². The van der Waals surface area contributed by atoms with Gasteiger partial charge in [0.2, 0.25) is 0 Å². The van der Waals surface area contributed by atoms with Gasteiger partial charge >= 0.3 is 0 Å². The van der Waals surface area contributed by atoms with Crippen molar-refractivity contribution in [2.75, 3.05) is 14.2 Å². The lowest BCUT2D eigenvalue weighted by atomic mass is 9.81. The van der Waals surface area contributed by atoms with Gasteiger partial charge < -0.3 is 19.7 Å². The third-order valence-electron chi connectivity index (χ3n) is 4.51. The summed E-state index contributed by atoms with van der Waals surface area (Å²) in [5.74, 6) is 1.79. The molecule has 3 atom stereocenters. The molecule has 3 unspecified atom stereocenters. The van der Waals surface area contributed by atoms with Gasteiger partial charge in [0.1, 0.15) is 0 Å². The van der Waals surface area contributed by atoms with Gasteiger partial charge in [0.25, 0.3) is 0 Å². The number of ether oxygens (including phenoxy) is 2. The molecule has 108 valence electrons. The van der Waals surface area contributed by atoms with Crippen LogP contribution in [0.3, 0.4) is 0 Å². The minimum Gasteiger partial charge on any atom is -0.493 e. The standard InChI is InChI=1S/C14H17BrN2O2S/c1-7-11-9-5-8(15)6-10(18-4)12(9)19-14(7,2)17(3)13(20)16-11/h5-7,11H,1-4H3,(H,16,20). The molecule has 2 bridgehead atoms. The van der Waals surface area contributed by atoms with Gasteiger partial charge in [0.05, 0.1) is 13.2 Å². The zero-order valence-electron chi connectivity index (χ0n) is 11.9. The number of benzene rings is 1. The van der Waals surface area contributed by atoms with Crippen LogP contribution < -0.4 is 14.8 Å². The topological polar surface area (TPSA) is 33.7 Å². The van der Waals surface area contributed by atoms with Gasteiger partial charge in [-0.2, -0.15) is 0 Å². The minimum atomic E-state index is -0.471. The van der Waals surface area contributed by atoms with E-state index in [4.69, 9.17) is 21.7 Å². The van der Waals surface area contributed by atoms with E-state index in [0.29, 0.717) is 5.11 Å². The summed E-state index contributed by atoms with van der Waals surface area (Å²) in [6.07, 6.45) is 0. The Balaban J connectivity index is 2.22. The average Bonchev–Trinajstić information content (AvgIpc) is 2.41. The lowest BCUT2D eigenvalue weighted by molar-refractivity contribution is -0.101. The summed E-state index contributed by atoms with van der Waals surface area (Å²) in [5.41, 5.74) is 0.609. The van der Waals surface area contributed by atoms with Crippen LogP contribution in [0.2, 0.25) is 0 Å². The second kappa shape index (κ2) is 4.49. The highest BCUT2D eigenvalue weighted by atomic mass is 79.9. The molecule has 0 spiro atoms. The van der Waals surface area contributed by atoms with Crippen LogP contribution in [-0.2, 0) is 0 Å². The molecule has 0 aromatic heterocycles. The van der Waals surface area contributed by atoms with Crippen LogP contribution >= 0.6 is 28.1 Å². The molecule has 6 heteroatoms. The monoisotopic (exact) mass is 356 g/mol. The first-order valence-electron chi connectivity index (χ1n) is 6.49. The van der Waals surface area contributed by atoms with Crippen molar-refractivity contribution < 1.29 is 9.47 Å². The molecule has 3 rings (SSSR count). The normalized spacial score (nSPS) is 31.2. The number of fused-ring (bicyclic) bond motifs is 4. The van der Waals surface area contributed by atoms with E-state index >= 15 is 0 Å². The first-order chi connectivity index (χ1) is 9.38. The Morgan fingerprint density at radius 1 is 1.50 bits per heavy atom. The summed E-state index contributed by atoms with van der Waals surface area (Å²) in [6.45, 7) is 4.24. The van der Waals surface area contributed by atoms with E-state index < -0.39 is 5.72 Å². The minimum absolute atomic E-state index is 0.124. The Kier molecular flexibility index (Phi) is 3.14. The number of hydrogen-bond donors (Lipinski definition) is 1. The molecule has 1 N–H and O–H groups in total. The molecule has 1 saturated heterocycles. The highest BCUT2D eigenvalue weighted by molar-refractivity contribution is 9.10. The van der Waals surface area contributed by atoms with E-state index in [9.17, 15) is 0 Å². The lowest BCUT2D eigenvalue weighted by Gasteiger charge is -2.55. The lowest BCUT2D eigenvalue weighted by Crippen LogP contribution is -2.67. The van der Waals surface area contributed by atoms with Gasteiger partial charge in [-0.1, -0.05) is 22.9 Å². The molecule has 2 heterocycles. The Hall–Kier alpha value is -1.01. The number of hydrogen-bond acceptors (Lipinski definition) is 3. The highest BCUT2D eigenvalue weighted by Crippen LogP contribution is 2.51. The second-order valence-corrected chi connectivity index (χ2v) is 6.76. The molecule has 0 radical (unpaired) electrons. The molecule has 0 amide bonds. The van der Waals surface area contributed by atoms with E-state index in [1.807, 2.05) is 18.0 Å². The Morgan fingerprint density at radius 2 is 2.20 bits per heavy atom. The molecular formula is C14H17BrN2O2S. The first kappa shape index (κ1) is 13.9. The molecule has 0 aliphatic carbocycles. The molecule has 0 saturated carbocycles. The summed E-state index contributed by atoms with van der Waals surface area (Å²) < 4.78 is 12.8. The van der Waals surface area contributed by atoms with Gasteiger partial charge in [0.15, 0.2) is 22.3 Å². The number of rotatable bonds is 1. The molecule has 1 aromatic rings. The van der Waals surface area contributed by atoms with Crippen molar-refractivity contribution >= 4 is 33.3 Å². The molecule has 4 nitrogen and oxygen atoms in total. The SMILES string of the molecule is COc1cc(Br)cc2c1OC1(C)C(C)C2NC(=S)N1C. The summed E-state index contributed by atoms with van der Waals surface area (Å²) in [4.78, 5) is 1.98. The van der Waals surface area contributed by atoms with Crippen molar-refractivity contribution in [3.8, 4) is 11.5 Å². The third-order valence-corrected chi connectivity index (χ3v) is 5.36. The smallest absolute Gasteiger partial charge is 0.186 e. The fourth-order valence-corrected chi connectivity index (χ4v) is 3.73. The number of halogens is 1. The van der Waals surface area contributed by atoms with Crippen molar-refractivity contribution in [3.63, 3.8) is 0 Å². The van der Waals surface area contributed by atoms with Crippen molar-refractivity contribution in [1.82, 2.24) is 10.2 Å². The predicted molar refractivity (Wildman–Crippen MR) is 85.1 cm³/mol. The number of nitrogens with one attached hydrogen (secondary N) is 1. The first-order valence-corrected chi connectivity index (χ1v) is 7.69. The number of nitrogens with zero attached hydrogens (tertiary/aromatic N) is 1. The zero-order valence-corrected chi connectivity index (χ0v) is 14.3. The quantitative estimate of drug-likeness (QED) is 0.782. The Bertz CT molecular complexity index is 595. The van der Waals surface area contributed by atoms with Crippen molar-refractivity contribution in [2.24, 2.45) is 5.92 Å². The highest BCUT2D eigenvalue weighted by Gasteiger charge is 2.52. The second-order valence-electron chi connectivity index (χ2n) is 5.46. The van der Waals surface area contributed by atoms with Crippen LogP contribution in [0.15, 0.2) is 16.6 Å². The maximum absolute atomic E-state index is 6.31. The maximum Gasteiger partial charge on any atom is 0.186 e. The van der Waals surface area contributed by atoms with Gasteiger partial charge in [0, 0.05) is 23.0 Å². The van der Waals surface area contributed by atoms with E-state index in [1.54, 1.807) is 7.11 Å². The number of methoxy groups -OCH3 is 1. The van der Waals surface area contributed by atoms with Crippen LogP contribution in [0.5, 0.6) is 11.5 Å². The molecule has 20 heavy (non-hydrogen) atoms. The van der Waals surface area contributed by atoms with Gasteiger partial charge in [-0.05, 0) is 31.3 Å². The van der Waals surface area contributed by atoms with Crippen LogP contribution in [-0.4, -0.2) is 29.9 Å². The van der Waals surface area contributed by atoms with Crippen molar-refractivity contribution in [3.05, 3.63) is 22.2 Å². The van der Waals surface area contributed by atoms with Crippen molar-refractivity contribution in [1.29, 1.82) is 0 Å². The van der Waals surface area contributed by atoms with E-state index in [0.717, 1.165) is 21.5 Å². The predicted octanol–water partition coefficient (Wildman–Crippen LogP) is 3.06. The third kappa shape index (κ3) is 1.74.